The van der Waals surface area contributed by atoms with Crippen LogP contribution in [0.25, 0.3) is 0 Å². The minimum atomic E-state index is -5.08. The Morgan fingerprint density at radius 1 is 1.53 bits per heavy atom. The van der Waals surface area contributed by atoms with Crippen LogP contribution in [-0.2, 0) is 40.4 Å². The van der Waals surface area contributed by atoms with Crippen LogP contribution < -0.4 is 0 Å². The van der Waals surface area contributed by atoms with E-state index in [1.54, 1.807) is 7.11 Å². The summed E-state index contributed by atoms with van der Waals surface area (Å²) in [7, 11) is 1.64. The molecule has 1 aliphatic rings. The molecule has 0 saturated heterocycles. The number of hydrogen-bond acceptors (Lipinski definition) is 3. The van der Waals surface area contributed by atoms with Crippen molar-refractivity contribution in [2.24, 2.45) is 0 Å². The van der Waals surface area contributed by atoms with Gasteiger partial charge in [0.15, 0.2) is 0 Å². The van der Waals surface area contributed by atoms with Crippen LogP contribution in [0.5, 0.6) is 0 Å². The Bertz CT molecular complexity index is 440. The van der Waals surface area contributed by atoms with Gasteiger partial charge in [-0.1, -0.05) is 0 Å². The van der Waals surface area contributed by atoms with Gasteiger partial charge in [-0.3, -0.25) is 0 Å². The zero-order valence-electron chi connectivity index (χ0n) is 10.7. The Morgan fingerprint density at radius 3 is 2.16 bits per heavy atom. The minimum absolute atomic E-state index is 0.148. The number of carbonyl (C=O) groups is 2. The molecule has 0 aromatic carbocycles. The van der Waals surface area contributed by atoms with E-state index < -0.39 is 17.7 Å². The molecule has 0 amide bonds. The molecule has 1 aliphatic carbocycles. The van der Waals surface area contributed by atoms with E-state index in [1.807, 2.05) is 23.5 Å². The molecule has 0 fully saturated rings. The largest absolute Gasteiger partial charge is 0.490 e. The SMILES string of the molecule is COC1(C)C=C(C)C(=O)/C1=[CH]\[Hg].O=C(O)C(F)(F)F. The molecule has 1 unspecified atom stereocenters. The average molecular weight is 466 g/mol. The maximum Gasteiger partial charge on any atom is 0.490 e. The molecule has 0 aromatic rings. The smallest absolute Gasteiger partial charge is 0.475 e. The van der Waals surface area contributed by atoms with Crippen molar-refractivity contribution < 1.29 is 58.7 Å². The van der Waals surface area contributed by atoms with E-state index in [-0.39, 0.29) is 5.78 Å². The normalized spacial score (nSPS) is 24.9. The predicted molar refractivity (Wildman–Crippen MR) is 56.0 cm³/mol. The van der Waals surface area contributed by atoms with Crippen LogP contribution in [0.2, 0.25) is 0 Å². The first-order valence-corrected chi connectivity index (χ1v) is 8.26. The number of allylic oxidation sites excluding steroid dienone is 1. The average Bonchev–Trinajstić information content (AvgIpc) is 2.50. The fourth-order valence-corrected chi connectivity index (χ4v) is 3.75. The summed E-state index contributed by atoms with van der Waals surface area (Å²) in [5.74, 6) is -2.61. The monoisotopic (exact) mass is 467 g/mol. The summed E-state index contributed by atoms with van der Waals surface area (Å²) in [6, 6.07) is 0. The molecule has 4 nitrogen and oxygen atoms in total. The molecule has 103 valence electrons. The Hall–Kier alpha value is -0.695. The summed E-state index contributed by atoms with van der Waals surface area (Å²) >= 11 is 0.503. The molecule has 0 bridgehead atoms. The van der Waals surface area contributed by atoms with Crippen LogP contribution in [0.15, 0.2) is 20.8 Å². The summed E-state index contributed by atoms with van der Waals surface area (Å²) < 4.78 is 39.1. The number of aliphatic carboxylic acids is 1. The third-order valence-corrected chi connectivity index (χ3v) is 4.09. The molecule has 0 heterocycles. The third kappa shape index (κ3) is 4.72. The molecule has 0 spiro atoms. The number of rotatable bonds is 1. The summed E-state index contributed by atoms with van der Waals surface area (Å²) in [6.45, 7) is 3.77. The van der Waals surface area contributed by atoms with Crippen molar-refractivity contribution in [2.75, 3.05) is 7.11 Å². The molecule has 1 N–H and O–H groups in total. The van der Waals surface area contributed by atoms with Gasteiger partial charge in [-0.05, 0) is 0 Å². The minimum Gasteiger partial charge on any atom is -0.475 e. The predicted octanol–water partition coefficient (Wildman–Crippen LogP) is 1.98. The van der Waals surface area contributed by atoms with Crippen LogP contribution in [0.1, 0.15) is 13.8 Å². The van der Waals surface area contributed by atoms with Crippen molar-refractivity contribution in [3.63, 3.8) is 0 Å². The first-order chi connectivity index (χ1) is 8.49. The Kier molecular flexibility index (Phi) is 6.41. The summed E-state index contributed by atoms with van der Waals surface area (Å²) in [5.41, 5.74) is 1.17. The van der Waals surface area contributed by atoms with Crippen molar-refractivity contribution in [1.82, 2.24) is 0 Å². The van der Waals surface area contributed by atoms with Gasteiger partial charge in [-0.15, -0.1) is 0 Å². The summed E-state index contributed by atoms with van der Waals surface area (Å²) in [5, 5.41) is 7.12. The second kappa shape index (κ2) is 6.65. The van der Waals surface area contributed by atoms with Gasteiger partial charge in [0.2, 0.25) is 0 Å². The Labute approximate surface area is 124 Å². The molecule has 0 aliphatic heterocycles. The molecule has 8 heteroatoms. The topological polar surface area (TPSA) is 63.6 Å². The van der Waals surface area contributed by atoms with Crippen LogP contribution in [0, 0.1) is 0 Å². The molecular formula is C11H12F3HgO4. The quantitative estimate of drug-likeness (QED) is 0.475. The van der Waals surface area contributed by atoms with Gasteiger partial charge < -0.3 is 5.11 Å². The van der Waals surface area contributed by atoms with E-state index in [0.717, 1.165) is 11.1 Å². The molecule has 19 heavy (non-hydrogen) atoms. The number of carbonyl (C=O) groups excluding carboxylic acids is 1. The Balaban J connectivity index is 0.000000399. The van der Waals surface area contributed by atoms with Crippen molar-refractivity contribution in [1.29, 1.82) is 0 Å². The first kappa shape index (κ1) is 18.3. The molecule has 0 saturated carbocycles. The number of halogens is 3. The second-order valence-corrected chi connectivity index (χ2v) is 5.48. The van der Waals surface area contributed by atoms with Gasteiger partial charge in [0.1, 0.15) is 0 Å². The third-order valence-electron chi connectivity index (χ3n) is 2.50. The number of ketones is 1. The first-order valence-electron chi connectivity index (χ1n) is 5.09. The fraction of sp³-hybridized carbons (Fsp3) is 0.455. The fourth-order valence-electron chi connectivity index (χ4n) is 1.46. The number of Topliss-reactive ketones (excluding diaryl/α,β-unsaturated/α-hetero) is 1. The van der Waals surface area contributed by atoms with Gasteiger partial charge in [0, 0.05) is 0 Å². The van der Waals surface area contributed by atoms with Crippen molar-refractivity contribution in [3.8, 4) is 0 Å². The number of carboxylic acids is 1. The van der Waals surface area contributed by atoms with E-state index in [4.69, 9.17) is 14.6 Å². The molecule has 0 radical (unpaired) electrons. The van der Waals surface area contributed by atoms with E-state index in [1.165, 1.54) is 0 Å². The number of carboxylic acid groups (broad SMARTS) is 1. The van der Waals surface area contributed by atoms with Crippen LogP contribution in [0.3, 0.4) is 0 Å². The van der Waals surface area contributed by atoms with Crippen LogP contribution in [0.4, 0.5) is 13.2 Å². The van der Waals surface area contributed by atoms with Gasteiger partial charge >= 0.3 is 101 Å². The summed E-state index contributed by atoms with van der Waals surface area (Å²) in [6.07, 6.45) is -3.19. The summed E-state index contributed by atoms with van der Waals surface area (Å²) in [4.78, 5) is 20.4. The number of ether oxygens (including phenoxy) is 1. The maximum atomic E-state index is 11.5. The zero-order chi connectivity index (χ0) is 15.4. The van der Waals surface area contributed by atoms with Gasteiger partial charge in [-0.25, -0.2) is 4.79 Å². The number of hydrogen-bond donors (Lipinski definition) is 1. The molecule has 1 atom stereocenters. The Morgan fingerprint density at radius 2 is 1.95 bits per heavy atom. The van der Waals surface area contributed by atoms with E-state index in [9.17, 15) is 18.0 Å². The second-order valence-electron chi connectivity index (χ2n) is 3.89. The standard InChI is InChI=1S/C9H11O2.C2HF3O2.Hg/c1-6-5-9(3,11-4)7(2)8(6)10;3-2(4,5)1(6)7;/h2,5H,1,3-4H3;(H,6,7);. The van der Waals surface area contributed by atoms with E-state index >= 15 is 0 Å². The number of alkyl halides is 3. The molecule has 0 aromatic heterocycles. The molecular weight excluding hydrogens is 454 g/mol. The van der Waals surface area contributed by atoms with E-state index in [2.05, 4.69) is 0 Å². The van der Waals surface area contributed by atoms with Gasteiger partial charge in [0.25, 0.3) is 0 Å². The number of methoxy groups -OCH3 is 1. The maximum absolute atomic E-state index is 11.5. The van der Waals surface area contributed by atoms with Crippen LogP contribution in [-0.4, -0.2) is 35.7 Å². The molecule has 1 rings (SSSR count). The van der Waals surface area contributed by atoms with Crippen molar-refractivity contribution in [3.05, 3.63) is 20.8 Å². The van der Waals surface area contributed by atoms with Gasteiger partial charge in [-0.2, -0.15) is 13.2 Å². The van der Waals surface area contributed by atoms with Gasteiger partial charge in [0.05, 0.1) is 0 Å². The van der Waals surface area contributed by atoms with E-state index in [0.29, 0.717) is 26.1 Å². The zero-order valence-corrected chi connectivity index (χ0v) is 16.2. The van der Waals surface area contributed by atoms with Crippen molar-refractivity contribution >= 4 is 11.8 Å². The van der Waals surface area contributed by atoms with Crippen LogP contribution >= 0.6 is 0 Å². The van der Waals surface area contributed by atoms with Crippen molar-refractivity contribution in [2.45, 2.75) is 25.6 Å².